The van der Waals surface area contributed by atoms with Crippen LogP contribution in [0.4, 0.5) is 0 Å². The average molecular weight is 445 g/mol. The van der Waals surface area contributed by atoms with Crippen molar-refractivity contribution in [2.75, 3.05) is 20.6 Å². The van der Waals surface area contributed by atoms with Crippen LogP contribution in [0.15, 0.2) is 30.3 Å². The number of rotatable bonds is 21. The first-order valence-corrected chi connectivity index (χ1v) is 14.4. The van der Waals surface area contributed by atoms with Crippen molar-refractivity contribution in [3.8, 4) is 0 Å². The third-order valence-corrected chi connectivity index (χ3v) is 7.87. The number of benzene rings is 1. The zero-order valence-corrected chi connectivity index (χ0v) is 22.8. The lowest BCUT2D eigenvalue weighted by molar-refractivity contribution is -0.951. The molecule has 0 atom stereocenters. The van der Waals surface area contributed by atoms with E-state index in [1.165, 1.54) is 122 Å². The summed E-state index contributed by atoms with van der Waals surface area (Å²) in [4.78, 5) is 0. The maximum atomic E-state index is 2.50. The van der Waals surface area contributed by atoms with Crippen molar-refractivity contribution in [3.63, 3.8) is 0 Å². The van der Waals surface area contributed by atoms with Crippen LogP contribution in [0.5, 0.6) is 0 Å². The molecule has 0 heterocycles. The van der Waals surface area contributed by atoms with Gasteiger partial charge in [0.15, 0.2) is 0 Å². The topological polar surface area (TPSA) is 0 Å². The van der Waals surface area contributed by atoms with Gasteiger partial charge in [0.25, 0.3) is 0 Å². The molecule has 1 heteroatoms. The third kappa shape index (κ3) is 10.4. The lowest BCUT2D eigenvalue weighted by Gasteiger charge is -2.50. The molecule has 0 saturated carbocycles. The average Bonchev–Trinajstić information content (AvgIpc) is 2.79. The van der Waals surface area contributed by atoms with Crippen molar-refractivity contribution in [2.45, 2.75) is 142 Å². The van der Waals surface area contributed by atoms with Gasteiger partial charge in [-0.1, -0.05) is 128 Å². The predicted octanol–water partition coefficient (Wildman–Crippen LogP) is 10.0. The molecule has 32 heavy (non-hydrogen) atoms. The van der Waals surface area contributed by atoms with Gasteiger partial charge in [0.1, 0.15) is 5.54 Å². The number of nitrogens with zero attached hydrogens (tertiary/aromatic N) is 1. The van der Waals surface area contributed by atoms with Gasteiger partial charge in [-0.3, -0.25) is 0 Å². The fraction of sp³-hybridized carbons (Fsp3) is 0.806. The highest BCUT2D eigenvalue weighted by Gasteiger charge is 2.45. The fourth-order valence-corrected chi connectivity index (χ4v) is 5.86. The Morgan fingerprint density at radius 1 is 0.531 bits per heavy atom. The van der Waals surface area contributed by atoms with Gasteiger partial charge in [-0.2, -0.15) is 0 Å². The van der Waals surface area contributed by atoms with Crippen LogP contribution < -0.4 is 0 Å². The molecule has 0 saturated heterocycles. The van der Waals surface area contributed by atoms with Crippen LogP contribution in [-0.4, -0.2) is 25.1 Å². The quantitative estimate of drug-likeness (QED) is 0.131. The van der Waals surface area contributed by atoms with Crippen LogP contribution in [0.1, 0.15) is 142 Å². The molecular weight excluding hydrogens is 386 g/mol. The maximum Gasteiger partial charge on any atom is 0.124 e. The minimum absolute atomic E-state index is 0.265. The first-order valence-electron chi connectivity index (χ1n) is 14.4. The highest BCUT2D eigenvalue weighted by Crippen LogP contribution is 2.41. The Balaban J connectivity index is 2.30. The molecule has 1 aromatic carbocycles. The number of hydrogen-bond donors (Lipinski definition) is 0. The third-order valence-electron chi connectivity index (χ3n) is 7.87. The smallest absolute Gasteiger partial charge is 0.124 e. The van der Waals surface area contributed by atoms with Crippen LogP contribution >= 0.6 is 0 Å². The Morgan fingerprint density at radius 2 is 0.938 bits per heavy atom. The minimum atomic E-state index is 0.265. The van der Waals surface area contributed by atoms with Crippen molar-refractivity contribution in [2.24, 2.45) is 0 Å². The first-order chi connectivity index (χ1) is 15.5. The van der Waals surface area contributed by atoms with Gasteiger partial charge in [-0.05, 0) is 25.7 Å². The summed E-state index contributed by atoms with van der Waals surface area (Å²) in [5.41, 5.74) is 1.82. The summed E-state index contributed by atoms with van der Waals surface area (Å²) in [7, 11) is 5.00. The second-order valence-electron chi connectivity index (χ2n) is 10.9. The van der Waals surface area contributed by atoms with Gasteiger partial charge in [-0.25, -0.2) is 0 Å². The number of hydrogen-bond acceptors (Lipinski definition) is 0. The van der Waals surface area contributed by atoms with E-state index in [4.69, 9.17) is 0 Å². The lowest BCUT2D eigenvalue weighted by atomic mass is 9.78. The molecule has 0 unspecified atom stereocenters. The zero-order chi connectivity index (χ0) is 23.5. The first kappa shape index (κ1) is 29.2. The standard InChI is InChI=1S/C31H58N/c1-6-9-10-11-12-13-14-15-16-17-18-19-20-24-29-32(4,5)31(27-7-2,28-8-3)30-25-22-21-23-26-30/h21-23,25-26H,6-20,24,27-29H2,1-5H3/q+1. The highest BCUT2D eigenvalue weighted by atomic mass is 15.4. The predicted molar refractivity (Wildman–Crippen MR) is 145 cm³/mol. The second kappa shape index (κ2) is 17.6. The molecule has 0 aliphatic carbocycles. The van der Waals surface area contributed by atoms with Crippen LogP contribution in [0, 0.1) is 0 Å². The van der Waals surface area contributed by atoms with Crippen molar-refractivity contribution in [1.82, 2.24) is 0 Å². The van der Waals surface area contributed by atoms with E-state index in [1.54, 1.807) is 5.56 Å². The molecule has 0 aliphatic heterocycles. The van der Waals surface area contributed by atoms with E-state index < -0.39 is 0 Å². The van der Waals surface area contributed by atoms with E-state index in [-0.39, 0.29) is 5.54 Å². The Labute approximate surface area is 203 Å². The summed E-state index contributed by atoms with van der Waals surface area (Å²) in [6.45, 7) is 8.32. The van der Waals surface area contributed by atoms with Gasteiger partial charge >= 0.3 is 0 Å². The van der Waals surface area contributed by atoms with Crippen LogP contribution in [0.2, 0.25) is 0 Å². The Hall–Kier alpha value is -0.820. The number of unbranched alkanes of at least 4 members (excludes halogenated alkanes) is 13. The summed E-state index contributed by atoms with van der Waals surface area (Å²) >= 11 is 0. The summed E-state index contributed by atoms with van der Waals surface area (Å²) in [6.07, 6.45) is 25.2. The molecule has 1 nitrogen and oxygen atoms in total. The molecule has 0 amide bonds. The fourth-order valence-electron chi connectivity index (χ4n) is 5.86. The minimum Gasteiger partial charge on any atom is -0.320 e. The maximum absolute atomic E-state index is 2.50. The van der Waals surface area contributed by atoms with Gasteiger partial charge in [0, 0.05) is 18.4 Å². The summed E-state index contributed by atoms with van der Waals surface area (Å²) < 4.78 is 1.14. The molecule has 0 aliphatic rings. The monoisotopic (exact) mass is 444 g/mol. The summed E-state index contributed by atoms with van der Waals surface area (Å²) in [5.74, 6) is 0. The Bertz CT molecular complexity index is 527. The van der Waals surface area contributed by atoms with Gasteiger partial charge in [-0.15, -0.1) is 0 Å². The molecule has 1 rings (SSSR count). The van der Waals surface area contributed by atoms with Gasteiger partial charge < -0.3 is 4.48 Å². The molecular formula is C31H58N+. The Morgan fingerprint density at radius 3 is 1.34 bits per heavy atom. The molecule has 0 spiro atoms. The van der Waals surface area contributed by atoms with Crippen LogP contribution in [-0.2, 0) is 5.54 Å². The summed E-state index contributed by atoms with van der Waals surface area (Å²) in [5, 5.41) is 0. The molecule has 0 fully saturated rings. The molecule has 0 bridgehead atoms. The normalized spacial score (nSPS) is 12.4. The van der Waals surface area contributed by atoms with E-state index in [0.717, 1.165) is 4.48 Å². The lowest BCUT2D eigenvalue weighted by Crippen LogP contribution is -2.57. The molecule has 0 aromatic heterocycles. The van der Waals surface area contributed by atoms with E-state index in [0.29, 0.717) is 0 Å². The van der Waals surface area contributed by atoms with E-state index >= 15 is 0 Å². The molecule has 186 valence electrons. The van der Waals surface area contributed by atoms with E-state index in [9.17, 15) is 0 Å². The summed E-state index contributed by atoms with van der Waals surface area (Å²) in [6, 6.07) is 11.4. The molecule has 0 radical (unpaired) electrons. The number of quaternary nitrogens is 1. The van der Waals surface area contributed by atoms with E-state index in [1.807, 2.05) is 0 Å². The zero-order valence-electron chi connectivity index (χ0n) is 22.8. The van der Waals surface area contributed by atoms with Crippen molar-refractivity contribution < 1.29 is 4.48 Å². The van der Waals surface area contributed by atoms with Crippen LogP contribution in [0.25, 0.3) is 0 Å². The second-order valence-corrected chi connectivity index (χ2v) is 10.9. The van der Waals surface area contributed by atoms with Crippen molar-refractivity contribution >= 4 is 0 Å². The van der Waals surface area contributed by atoms with Crippen molar-refractivity contribution in [3.05, 3.63) is 35.9 Å². The molecule has 1 aromatic rings. The van der Waals surface area contributed by atoms with E-state index in [2.05, 4.69) is 65.2 Å². The van der Waals surface area contributed by atoms with Crippen molar-refractivity contribution in [1.29, 1.82) is 0 Å². The molecule has 0 N–H and O–H groups in total. The Kier molecular flexibility index (Phi) is 16.1. The van der Waals surface area contributed by atoms with Crippen LogP contribution in [0.3, 0.4) is 0 Å². The SMILES string of the molecule is CCCCCCCCCCCCCCCC[N+](C)(C)C(CCC)(CCC)c1ccccc1. The van der Waals surface area contributed by atoms with Gasteiger partial charge in [0.2, 0.25) is 0 Å². The largest absolute Gasteiger partial charge is 0.320 e. The van der Waals surface area contributed by atoms with Gasteiger partial charge in [0.05, 0.1) is 20.6 Å². The highest BCUT2D eigenvalue weighted by molar-refractivity contribution is 5.22.